The molecule has 1 rings (SSSR count). The molecule has 1 aromatic rings. The number of halogens is 1. The van der Waals surface area contributed by atoms with Crippen molar-refractivity contribution in [3.8, 4) is 0 Å². The molecule has 0 saturated carbocycles. The minimum Gasteiger partial charge on any atom is -0.396 e. The third-order valence-corrected chi connectivity index (χ3v) is 4.18. The van der Waals surface area contributed by atoms with Crippen molar-refractivity contribution in [3.63, 3.8) is 0 Å². The number of sulfonamides is 1. The third kappa shape index (κ3) is 5.22. The van der Waals surface area contributed by atoms with Crippen LogP contribution in [-0.4, -0.2) is 31.7 Å². The topological polar surface area (TPSA) is 79.3 Å². The first-order valence-electron chi connectivity index (χ1n) is 6.20. The summed E-state index contributed by atoms with van der Waals surface area (Å²) in [6.07, 6.45) is 4.33. The maximum Gasteiger partial charge on any atom is 0.242 e. The lowest BCUT2D eigenvalue weighted by atomic mass is 10.0. The molecule has 1 heterocycles. The van der Waals surface area contributed by atoms with Crippen molar-refractivity contribution in [1.29, 1.82) is 0 Å². The molecule has 1 unspecified atom stereocenters. The molecule has 0 aliphatic carbocycles. The molecule has 0 aliphatic rings. The van der Waals surface area contributed by atoms with Gasteiger partial charge in [0.15, 0.2) is 0 Å². The molecular formula is C12H19FN2O3S. The SMILES string of the molecule is CCCC(CCO)CNS(=O)(=O)c1cncc(F)c1. The van der Waals surface area contributed by atoms with Gasteiger partial charge in [0.2, 0.25) is 10.0 Å². The molecule has 0 bridgehead atoms. The van der Waals surface area contributed by atoms with Gasteiger partial charge in [-0.1, -0.05) is 13.3 Å². The minimum absolute atomic E-state index is 0.0217. The lowest BCUT2D eigenvalue weighted by Crippen LogP contribution is -2.30. The van der Waals surface area contributed by atoms with Gasteiger partial charge in [-0.2, -0.15) is 0 Å². The van der Waals surface area contributed by atoms with E-state index in [-0.39, 0.29) is 24.0 Å². The van der Waals surface area contributed by atoms with Gasteiger partial charge in [-0.25, -0.2) is 17.5 Å². The van der Waals surface area contributed by atoms with Gasteiger partial charge in [-0.3, -0.25) is 4.98 Å². The maximum absolute atomic E-state index is 13.0. The number of pyridine rings is 1. The van der Waals surface area contributed by atoms with Crippen molar-refractivity contribution >= 4 is 10.0 Å². The second kappa shape index (κ2) is 7.52. The number of nitrogens with one attached hydrogen (secondary N) is 1. The molecule has 1 aromatic heterocycles. The van der Waals surface area contributed by atoms with Crippen LogP contribution < -0.4 is 4.72 Å². The summed E-state index contributed by atoms with van der Waals surface area (Å²) in [4.78, 5) is 3.33. The van der Waals surface area contributed by atoms with Crippen LogP contribution in [0.3, 0.4) is 0 Å². The zero-order valence-corrected chi connectivity index (χ0v) is 11.7. The Balaban J connectivity index is 2.69. The predicted octanol–water partition coefficient (Wildman–Crippen LogP) is 1.30. The van der Waals surface area contributed by atoms with Crippen LogP contribution in [0.25, 0.3) is 0 Å². The van der Waals surface area contributed by atoms with E-state index < -0.39 is 15.8 Å². The zero-order valence-electron chi connectivity index (χ0n) is 10.8. The molecule has 1 atom stereocenters. The van der Waals surface area contributed by atoms with Crippen LogP contribution >= 0.6 is 0 Å². The first kappa shape index (κ1) is 16.0. The Morgan fingerprint density at radius 3 is 2.74 bits per heavy atom. The van der Waals surface area contributed by atoms with E-state index in [1.54, 1.807) is 0 Å². The Labute approximate surface area is 112 Å². The molecular weight excluding hydrogens is 271 g/mol. The van der Waals surface area contributed by atoms with Crippen LogP contribution in [0.1, 0.15) is 26.2 Å². The Morgan fingerprint density at radius 2 is 2.16 bits per heavy atom. The summed E-state index contributed by atoms with van der Waals surface area (Å²) in [5.41, 5.74) is 0. The van der Waals surface area contributed by atoms with E-state index in [1.165, 1.54) is 0 Å². The van der Waals surface area contributed by atoms with E-state index in [4.69, 9.17) is 5.11 Å². The minimum atomic E-state index is -3.75. The number of aliphatic hydroxyl groups excluding tert-OH is 1. The summed E-state index contributed by atoms with van der Waals surface area (Å²) in [7, 11) is -3.75. The fraction of sp³-hybridized carbons (Fsp3) is 0.583. The number of rotatable bonds is 8. The van der Waals surface area contributed by atoms with Crippen LogP contribution in [-0.2, 0) is 10.0 Å². The summed E-state index contributed by atoms with van der Waals surface area (Å²) < 4.78 is 39.2. The van der Waals surface area contributed by atoms with Gasteiger partial charge in [0.05, 0.1) is 6.20 Å². The van der Waals surface area contributed by atoms with Crippen molar-refractivity contribution in [1.82, 2.24) is 9.71 Å². The highest BCUT2D eigenvalue weighted by atomic mass is 32.2. The molecule has 5 nitrogen and oxygen atoms in total. The number of aromatic nitrogens is 1. The van der Waals surface area contributed by atoms with Gasteiger partial charge < -0.3 is 5.11 Å². The third-order valence-electron chi connectivity index (χ3n) is 2.79. The van der Waals surface area contributed by atoms with Crippen LogP contribution in [0.15, 0.2) is 23.4 Å². The molecule has 0 spiro atoms. The van der Waals surface area contributed by atoms with E-state index in [0.717, 1.165) is 31.3 Å². The largest absolute Gasteiger partial charge is 0.396 e. The molecule has 108 valence electrons. The standard InChI is InChI=1S/C12H19FN2O3S/c1-2-3-10(4-5-16)7-15-19(17,18)12-6-11(13)8-14-9-12/h6,8-10,15-16H,2-5,7H2,1H3. The lowest BCUT2D eigenvalue weighted by molar-refractivity contribution is 0.251. The number of nitrogens with zero attached hydrogens (tertiary/aromatic N) is 1. The predicted molar refractivity (Wildman–Crippen MR) is 69.5 cm³/mol. The van der Waals surface area contributed by atoms with Crippen molar-refractivity contribution in [2.45, 2.75) is 31.1 Å². The highest BCUT2D eigenvalue weighted by Crippen LogP contribution is 2.12. The summed E-state index contributed by atoms with van der Waals surface area (Å²) in [5.74, 6) is -0.616. The van der Waals surface area contributed by atoms with Gasteiger partial charge in [0, 0.05) is 19.3 Å². The summed E-state index contributed by atoms with van der Waals surface area (Å²) in [6, 6.07) is 0.927. The second-order valence-corrected chi connectivity index (χ2v) is 6.12. The van der Waals surface area contributed by atoms with Crippen molar-refractivity contribution in [3.05, 3.63) is 24.3 Å². The fourth-order valence-electron chi connectivity index (χ4n) is 1.79. The summed E-state index contributed by atoms with van der Waals surface area (Å²) >= 11 is 0. The lowest BCUT2D eigenvalue weighted by Gasteiger charge is -2.15. The number of hydrogen-bond acceptors (Lipinski definition) is 4. The van der Waals surface area contributed by atoms with Crippen molar-refractivity contribution < 1.29 is 17.9 Å². The summed E-state index contributed by atoms with van der Waals surface area (Å²) in [5, 5.41) is 8.91. The van der Waals surface area contributed by atoms with Gasteiger partial charge in [0.1, 0.15) is 10.7 Å². The molecule has 0 aromatic carbocycles. The van der Waals surface area contributed by atoms with E-state index in [9.17, 15) is 12.8 Å². The van der Waals surface area contributed by atoms with Gasteiger partial charge in [-0.15, -0.1) is 0 Å². The first-order chi connectivity index (χ1) is 8.99. The molecule has 7 heteroatoms. The molecule has 0 aliphatic heterocycles. The first-order valence-corrected chi connectivity index (χ1v) is 7.69. The van der Waals surface area contributed by atoms with Crippen molar-refractivity contribution in [2.24, 2.45) is 5.92 Å². The Hall–Kier alpha value is -1.05. The average Bonchev–Trinajstić information content (AvgIpc) is 2.37. The van der Waals surface area contributed by atoms with Gasteiger partial charge >= 0.3 is 0 Å². The Bertz CT molecular complexity index is 488. The van der Waals surface area contributed by atoms with E-state index in [2.05, 4.69) is 9.71 Å². The summed E-state index contributed by atoms with van der Waals surface area (Å²) in [6.45, 7) is 2.25. The Morgan fingerprint density at radius 1 is 1.42 bits per heavy atom. The van der Waals surface area contributed by atoms with Crippen LogP contribution in [0.4, 0.5) is 4.39 Å². The van der Waals surface area contributed by atoms with E-state index >= 15 is 0 Å². The molecule has 0 saturated heterocycles. The number of aliphatic hydroxyl groups is 1. The van der Waals surface area contributed by atoms with Gasteiger partial charge in [-0.05, 0) is 24.8 Å². The van der Waals surface area contributed by atoms with Gasteiger partial charge in [0.25, 0.3) is 0 Å². The molecule has 2 N–H and O–H groups in total. The highest BCUT2D eigenvalue weighted by Gasteiger charge is 2.17. The maximum atomic E-state index is 13.0. The smallest absolute Gasteiger partial charge is 0.242 e. The Kier molecular flexibility index (Phi) is 6.33. The molecule has 0 radical (unpaired) electrons. The van der Waals surface area contributed by atoms with Crippen molar-refractivity contribution in [2.75, 3.05) is 13.2 Å². The molecule has 0 fully saturated rings. The average molecular weight is 290 g/mol. The molecule has 19 heavy (non-hydrogen) atoms. The molecule has 0 amide bonds. The van der Waals surface area contributed by atoms with E-state index in [1.807, 2.05) is 6.92 Å². The normalized spacial score (nSPS) is 13.4. The van der Waals surface area contributed by atoms with Crippen LogP contribution in [0, 0.1) is 11.7 Å². The zero-order chi connectivity index (χ0) is 14.3. The van der Waals surface area contributed by atoms with E-state index in [0.29, 0.717) is 6.42 Å². The second-order valence-electron chi connectivity index (χ2n) is 4.36. The monoisotopic (exact) mass is 290 g/mol. The fourth-order valence-corrected chi connectivity index (χ4v) is 2.88. The number of hydrogen-bond donors (Lipinski definition) is 2. The quantitative estimate of drug-likeness (QED) is 0.756. The highest BCUT2D eigenvalue weighted by molar-refractivity contribution is 7.89. The van der Waals surface area contributed by atoms with Crippen LogP contribution in [0.5, 0.6) is 0 Å². The van der Waals surface area contributed by atoms with Crippen LogP contribution in [0.2, 0.25) is 0 Å².